The summed E-state index contributed by atoms with van der Waals surface area (Å²) in [6.07, 6.45) is 6.18. The Morgan fingerprint density at radius 1 is 0.889 bits per heavy atom. The Hall–Kier alpha value is -3.11. The molecule has 1 N–H and O–H groups in total. The minimum atomic E-state index is -0.603. The van der Waals surface area contributed by atoms with E-state index in [-0.39, 0.29) is 24.3 Å². The number of nitrogens with one attached hydrogen (secondary N) is 1. The van der Waals surface area contributed by atoms with E-state index in [4.69, 9.17) is 11.6 Å². The number of hydrogen-bond acceptors (Lipinski definition) is 2. The van der Waals surface area contributed by atoms with Crippen molar-refractivity contribution in [1.82, 2.24) is 10.2 Å². The first-order valence-electron chi connectivity index (χ1n) is 12.9. The van der Waals surface area contributed by atoms with Crippen LogP contribution in [0.25, 0.3) is 0 Å². The SMILES string of the molecule is Cc1ccccc1CN(C(=O)Cc1ccc(Cl)cc1)[C@H](Cc1ccccc1)C(=O)NC1CCCCC1. The molecule has 4 nitrogen and oxygen atoms in total. The summed E-state index contributed by atoms with van der Waals surface area (Å²) < 4.78 is 0. The first-order valence-corrected chi connectivity index (χ1v) is 13.3. The summed E-state index contributed by atoms with van der Waals surface area (Å²) in [6, 6.07) is 25.0. The van der Waals surface area contributed by atoms with Crippen molar-refractivity contribution in [2.45, 2.75) is 70.5 Å². The van der Waals surface area contributed by atoms with Crippen LogP contribution >= 0.6 is 11.6 Å². The third-order valence-corrected chi connectivity index (χ3v) is 7.35. The molecule has 0 saturated heterocycles. The number of aryl methyl sites for hydroxylation is 1. The van der Waals surface area contributed by atoms with E-state index < -0.39 is 6.04 Å². The number of nitrogens with zero attached hydrogens (tertiary/aromatic N) is 1. The van der Waals surface area contributed by atoms with Gasteiger partial charge in [0.05, 0.1) is 6.42 Å². The van der Waals surface area contributed by atoms with Crippen LogP contribution in [-0.4, -0.2) is 28.8 Å². The van der Waals surface area contributed by atoms with Crippen LogP contribution in [0.5, 0.6) is 0 Å². The summed E-state index contributed by atoms with van der Waals surface area (Å²) in [5, 5.41) is 3.93. The van der Waals surface area contributed by atoms with E-state index in [0.29, 0.717) is 18.0 Å². The Labute approximate surface area is 219 Å². The van der Waals surface area contributed by atoms with E-state index in [1.54, 1.807) is 17.0 Å². The fourth-order valence-electron chi connectivity index (χ4n) is 4.95. The van der Waals surface area contributed by atoms with Gasteiger partial charge in [-0.3, -0.25) is 9.59 Å². The van der Waals surface area contributed by atoms with Crippen LogP contribution in [0.2, 0.25) is 5.02 Å². The maximum absolute atomic E-state index is 13.9. The molecule has 1 fully saturated rings. The Bertz CT molecular complexity index is 1140. The maximum atomic E-state index is 13.9. The monoisotopic (exact) mass is 502 g/mol. The predicted octanol–water partition coefficient (Wildman–Crippen LogP) is 6.28. The molecule has 0 heterocycles. The zero-order chi connectivity index (χ0) is 25.3. The molecule has 3 aromatic rings. The quantitative estimate of drug-likeness (QED) is 0.374. The van der Waals surface area contributed by atoms with Crippen molar-refractivity contribution < 1.29 is 9.59 Å². The topological polar surface area (TPSA) is 49.4 Å². The highest BCUT2D eigenvalue weighted by molar-refractivity contribution is 6.30. The molecule has 0 aliphatic heterocycles. The lowest BCUT2D eigenvalue weighted by Crippen LogP contribution is -2.53. The molecule has 1 atom stereocenters. The van der Waals surface area contributed by atoms with Crippen molar-refractivity contribution in [2.75, 3.05) is 0 Å². The van der Waals surface area contributed by atoms with E-state index in [1.807, 2.05) is 73.7 Å². The molecule has 2 amide bonds. The van der Waals surface area contributed by atoms with E-state index >= 15 is 0 Å². The van der Waals surface area contributed by atoms with Crippen molar-refractivity contribution in [3.05, 3.63) is 106 Å². The second-order valence-electron chi connectivity index (χ2n) is 9.80. The average molecular weight is 503 g/mol. The predicted molar refractivity (Wildman–Crippen MR) is 146 cm³/mol. The van der Waals surface area contributed by atoms with Gasteiger partial charge in [0.2, 0.25) is 11.8 Å². The summed E-state index contributed by atoms with van der Waals surface area (Å²) in [6.45, 7) is 2.43. The van der Waals surface area contributed by atoms with Crippen LogP contribution in [0.15, 0.2) is 78.9 Å². The lowest BCUT2D eigenvalue weighted by molar-refractivity contribution is -0.141. The van der Waals surface area contributed by atoms with E-state index in [0.717, 1.165) is 47.9 Å². The normalized spacial score (nSPS) is 14.7. The van der Waals surface area contributed by atoms with Crippen LogP contribution in [0.1, 0.15) is 54.4 Å². The average Bonchev–Trinajstić information content (AvgIpc) is 2.89. The molecule has 3 aromatic carbocycles. The zero-order valence-corrected chi connectivity index (χ0v) is 21.7. The minimum Gasteiger partial charge on any atom is -0.352 e. The summed E-state index contributed by atoms with van der Waals surface area (Å²) in [7, 11) is 0. The fourth-order valence-corrected chi connectivity index (χ4v) is 5.07. The van der Waals surface area contributed by atoms with Gasteiger partial charge in [-0.25, -0.2) is 0 Å². The molecule has 4 rings (SSSR count). The molecule has 0 radical (unpaired) electrons. The Kier molecular flexibility index (Phi) is 9.18. The van der Waals surface area contributed by atoms with Crippen molar-refractivity contribution in [2.24, 2.45) is 0 Å². The number of amides is 2. The first kappa shape index (κ1) is 26.0. The molecule has 0 spiro atoms. The van der Waals surface area contributed by atoms with Crippen LogP contribution in [-0.2, 0) is 29.0 Å². The molecule has 188 valence electrons. The van der Waals surface area contributed by atoms with Gasteiger partial charge in [0.1, 0.15) is 6.04 Å². The second-order valence-corrected chi connectivity index (χ2v) is 10.2. The number of halogens is 1. The van der Waals surface area contributed by atoms with Crippen molar-refractivity contribution in [3.63, 3.8) is 0 Å². The van der Waals surface area contributed by atoms with Gasteiger partial charge in [0.25, 0.3) is 0 Å². The minimum absolute atomic E-state index is 0.0659. The molecule has 1 aliphatic carbocycles. The van der Waals surface area contributed by atoms with Crippen LogP contribution in [0.4, 0.5) is 0 Å². The van der Waals surface area contributed by atoms with Gasteiger partial charge in [-0.05, 0) is 54.2 Å². The largest absolute Gasteiger partial charge is 0.352 e. The highest BCUT2D eigenvalue weighted by atomic mass is 35.5. The molecule has 0 aromatic heterocycles. The Balaban J connectivity index is 1.65. The number of carbonyl (C=O) groups excluding carboxylic acids is 2. The van der Waals surface area contributed by atoms with Gasteiger partial charge >= 0.3 is 0 Å². The lowest BCUT2D eigenvalue weighted by atomic mass is 9.94. The molecular formula is C31H35ClN2O2. The standard InChI is InChI=1S/C31H35ClN2O2/c1-23-10-8-9-13-26(23)22-34(30(35)21-25-16-18-27(32)19-17-25)29(20-24-11-4-2-5-12-24)31(36)33-28-14-6-3-7-15-28/h2,4-5,8-13,16-19,28-29H,3,6-7,14-15,20-22H2,1H3,(H,33,36)/t29-/m1/s1. The molecule has 0 unspecified atom stereocenters. The number of hydrogen-bond donors (Lipinski definition) is 1. The maximum Gasteiger partial charge on any atom is 0.243 e. The first-order chi connectivity index (χ1) is 17.5. The van der Waals surface area contributed by atoms with E-state index in [9.17, 15) is 9.59 Å². The Morgan fingerprint density at radius 2 is 1.56 bits per heavy atom. The summed E-state index contributed by atoms with van der Waals surface area (Å²) in [4.78, 5) is 29.4. The highest BCUT2D eigenvalue weighted by Gasteiger charge is 2.32. The molecule has 5 heteroatoms. The van der Waals surface area contributed by atoms with Gasteiger partial charge in [0, 0.05) is 24.0 Å². The van der Waals surface area contributed by atoms with Gasteiger partial charge in [-0.2, -0.15) is 0 Å². The summed E-state index contributed by atoms with van der Waals surface area (Å²) in [5.41, 5.74) is 4.07. The zero-order valence-electron chi connectivity index (χ0n) is 21.0. The third-order valence-electron chi connectivity index (χ3n) is 7.09. The highest BCUT2D eigenvalue weighted by Crippen LogP contribution is 2.21. The van der Waals surface area contributed by atoms with Crippen LogP contribution < -0.4 is 5.32 Å². The van der Waals surface area contributed by atoms with Crippen molar-refractivity contribution >= 4 is 23.4 Å². The third kappa shape index (κ3) is 7.20. The van der Waals surface area contributed by atoms with Gasteiger partial charge in [-0.15, -0.1) is 0 Å². The molecule has 36 heavy (non-hydrogen) atoms. The number of benzene rings is 3. The second kappa shape index (κ2) is 12.7. The van der Waals surface area contributed by atoms with E-state index in [2.05, 4.69) is 5.32 Å². The van der Waals surface area contributed by atoms with Gasteiger partial charge < -0.3 is 10.2 Å². The molecule has 1 saturated carbocycles. The lowest BCUT2D eigenvalue weighted by Gasteiger charge is -2.34. The number of carbonyl (C=O) groups is 2. The molecular weight excluding hydrogens is 468 g/mol. The number of rotatable bonds is 9. The summed E-state index contributed by atoms with van der Waals surface area (Å²) >= 11 is 6.06. The smallest absolute Gasteiger partial charge is 0.243 e. The van der Waals surface area contributed by atoms with Crippen LogP contribution in [0.3, 0.4) is 0 Å². The van der Waals surface area contributed by atoms with Gasteiger partial charge in [0.15, 0.2) is 0 Å². The van der Waals surface area contributed by atoms with Crippen molar-refractivity contribution in [1.29, 1.82) is 0 Å². The van der Waals surface area contributed by atoms with Gasteiger partial charge in [-0.1, -0.05) is 97.6 Å². The van der Waals surface area contributed by atoms with Crippen molar-refractivity contribution in [3.8, 4) is 0 Å². The molecule has 0 bridgehead atoms. The molecule has 1 aliphatic rings. The van der Waals surface area contributed by atoms with E-state index in [1.165, 1.54) is 6.42 Å². The summed E-state index contributed by atoms with van der Waals surface area (Å²) in [5.74, 6) is -0.135. The van der Waals surface area contributed by atoms with Crippen LogP contribution in [0, 0.1) is 6.92 Å². The Morgan fingerprint density at radius 3 is 2.25 bits per heavy atom. The fraction of sp³-hybridized carbons (Fsp3) is 0.355.